The summed E-state index contributed by atoms with van der Waals surface area (Å²) < 4.78 is 5.03. The van der Waals surface area contributed by atoms with Crippen LogP contribution in [-0.2, 0) is 11.2 Å². The van der Waals surface area contributed by atoms with Gasteiger partial charge in [-0.15, -0.1) is 0 Å². The Kier molecular flexibility index (Phi) is 3.64. The molecule has 1 fully saturated rings. The topological polar surface area (TPSA) is 86.8 Å². The zero-order valence-corrected chi connectivity index (χ0v) is 11.5. The second kappa shape index (κ2) is 4.94. The predicted octanol–water partition coefficient (Wildman–Crippen LogP) is 0.178. The van der Waals surface area contributed by atoms with Crippen LogP contribution in [0.5, 0.6) is 0 Å². The van der Waals surface area contributed by atoms with Crippen molar-refractivity contribution >= 4 is 5.91 Å². The van der Waals surface area contributed by atoms with Gasteiger partial charge in [-0.05, 0) is 27.2 Å². The molecular weight excluding hydrogens is 248 g/mol. The van der Waals surface area contributed by atoms with Crippen molar-refractivity contribution in [3.05, 3.63) is 17.0 Å². The van der Waals surface area contributed by atoms with Crippen LogP contribution in [-0.4, -0.2) is 51.0 Å². The van der Waals surface area contributed by atoms with Gasteiger partial charge in [0.05, 0.1) is 23.8 Å². The van der Waals surface area contributed by atoms with Gasteiger partial charge < -0.3 is 19.6 Å². The second-order valence-corrected chi connectivity index (χ2v) is 5.44. The minimum Gasteiger partial charge on any atom is -0.388 e. The molecule has 0 spiro atoms. The zero-order valence-electron chi connectivity index (χ0n) is 11.5. The lowest BCUT2D eigenvalue weighted by Crippen LogP contribution is -2.55. The molecule has 1 aromatic heterocycles. The molecule has 2 atom stereocenters. The van der Waals surface area contributed by atoms with E-state index in [1.165, 1.54) is 0 Å². The average molecular weight is 268 g/mol. The lowest BCUT2D eigenvalue weighted by atomic mass is 9.90. The molecule has 0 bridgehead atoms. The SMILES string of the molecule is Cc1noc(C)c1CC(=O)N1CC[C@](C)(O)[C@@H](O)C1. The van der Waals surface area contributed by atoms with Crippen molar-refractivity contribution in [1.82, 2.24) is 10.1 Å². The maximum absolute atomic E-state index is 12.2. The lowest BCUT2D eigenvalue weighted by Gasteiger charge is -2.39. The Balaban J connectivity index is 2.02. The number of aryl methyl sites for hydroxylation is 2. The van der Waals surface area contributed by atoms with Gasteiger partial charge >= 0.3 is 0 Å². The molecule has 19 heavy (non-hydrogen) atoms. The van der Waals surface area contributed by atoms with Crippen LogP contribution in [0.1, 0.15) is 30.4 Å². The van der Waals surface area contributed by atoms with Crippen LogP contribution in [0.4, 0.5) is 0 Å². The Morgan fingerprint density at radius 2 is 2.26 bits per heavy atom. The first-order valence-electron chi connectivity index (χ1n) is 6.41. The summed E-state index contributed by atoms with van der Waals surface area (Å²) in [6.07, 6.45) is -0.313. The fourth-order valence-electron chi connectivity index (χ4n) is 2.27. The normalized spacial score (nSPS) is 27.6. The number of amides is 1. The van der Waals surface area contributed by atoms with E-state index in [-0.39, 0.29) is 18.9 Å². The molecule has 0 radical (unpaired) electrons. The molecule has 106 valence electrons. The molecule has 6 heteroatoms. The van der Waals surface area contributed by atoms with Gasteiger partial charge in [-0.25, -0.2) is 0 Å². The second-order valence-electron chi connectivity index (χ2n) is 5.44. The van der Waals surface area contributed by atoms with Crippen LogP contribution in [0, 0.1) is 13.8 Å². The number of carbonyl (C=O) groups is 1. The third-order valence-electron chi connectivity index (χ3n) is 3.86. The van der Waals surface area contributed by atoms with E-state index in [2.05, 4.69) is 5.16 Å². The van der Waals surface area contributed by atoms with Gasteiger partial charge in [0.25, 0.3) is 0 Å². The number of β-amino-alcohol motifs (C(OH)–C–C–N with tert-alkyl or cyclic N) is 1. The van der Waals surface area contributed by atoms with E-state index in [0.717, 1.165) is 11.3 Å². The Morgan fingerprint density at radius 1 is 1.58 bits per heavy atom. The minimum atomic E-state index is -1.11. The first kappa shape index (κ1) is 14.0. The summed E-state index contributed by atoms with van der Waals surface area (Å²) in [6.45, 7) is 5.78. The number of piperidine rings is 1. The van der Waals surface area contributed by atoms with Crippen molar-refractivity contribution in [3.8, 4) is 0 Å². The summed E-state index contributed by atoms with van der Waals surface area (Å²) in [5.41, 5.74) is 0.409. The fourth-order valence-corrected chi connectivity index (χ4v) is 2.27. The monoisotopic (exact) mass is 268 g/mol. The molecule has 1 saturated heterocycles. The molecule has 1 aliphatic heterocycles. The van der Waals surface area contributed by atoms with Gasteiger partial charge in [-0.1, -0.05) is 5.16 Å². The standard InChI is InChI=1S/C13H20N2O4/c1-8-10(9(2)19-14-8)6-12(17)15-5-4-13(3,18)11(16)7-15/h11,16,18H,4-7H2,1-3H3/t11-,13-/m0/s1. The molecule has 1 aromatic rings. The molecule has 2 rings (SSSR count). The highest BCUT2D eigenvalue weighted by atomic mass is 16.5. The van der Waals surface area contributed by atoms with Gasteiger partial charge in [0.15, 0.2) is 0 Å². The molecule has 0 aliphatic carbocycles. The van der Waals surface area contributed by atoms with Gasteiger partial charge in [0.2, 0.25) is 5.91 Å². The highest BCUT2D eigenvalue weighted by Crippen LogP contribution is 2.23. The first-order chi connectivity index (χ1) is 8.81. The predicted molar refractivity (Wildman–Crippen MR) is 67.5 cm³/mol. The molecule has 2 heterocycles. The summed E-state index contributed by atoms with van der Waals surface area (Å²) in [6, 6.07) is 0. The van der Waals surface area contributed by atoms with Crippen LogP contribution < -0.4 is 0 Å². The molecular formula is C13H20N2O4. The van der Waals surface area contributed by atoms with Gasteiger partial charge in [-0.2, -0.15) is 0 Å². The molecule has 1 aliphatic rings. The summed E-state index contributed by atoms with van der Waals surface area (Å²) in [4.78, 5) is 13.8. The number of likely N-dealkylation sites (tertiary alicyclic amines) is 1. The number of carbonyl (C=O) groups excluding carboxylic acids is 1. The van der Waals surface area contributed by atoms with E-state index >= 15 is 0 Å². The van der Waals surface area contributed by atoms with Gasteiger partial charge in [-0.3, -0.25) is 4.79 Å². The van der Waals surface area contributed by atoms with E-state index in [1.54, 1.807) is 25.7 Å². The highest BCUT2D eigenvalue weighted by molar-refractivity contribution is 5.79. The Labute approximate surface area is 112 Å². The average Bonchev–Trinajstić information content (AvgIpc) is 2.64. The van der Waals surface area contributed by atoms with E-state index in [4.69, 9.17) is 4.52 Å². The van der Waals surface area contributed by atoms with Crippen LogP contribution in [0.25, 0.3) is 0 Å². The number of rotatable bonds is 2. The summed E-state index contributed by atoms with van der Waals surface area (Å²) in [5, 5.41) is 23.5. The largest absolute Gasteiger partial charge is 0.388 e. The lowest BCUT2D eigenvalue weighted by molar-refractivity contribution is -0.145. The summed E-state index contributed by atoms with van der Waals surface area (Å²) in [5.74, 6) is 0.569. The van der Waals surface area contributed by atoms with Crippen molar-refractivity contribution in [2.45, 2.75) is 45.3 Å². The van der Waals surface area contributed by atoms with Crippen LogP contribution in [0.3, 0.4) is 0 Å². The van der Waals surface area contributed by atoms with Crippen molar-refractivity contribution in [1.29, 1.82) is 0 Å². The van der Waals surface area contributed by atoms with E-state index in [0.29, 0.717) is 18.7 Å². The Hall–Kier alpha value is -1.40. The van der Waals surface area contributed by atoms with Crippen molar-refractivity contribution in [2.75, 3.05) is 13.1 Å². The zero-order chi connectivity index (χ0) is 14.2. The summed E-state index contributed by atoms with van der Waals surface area (Å²) >= 11 is 0. The van der Waals surface area contributed by atoms with Crippen LogP contribution in [0.15, 0.2) is 4.52 Å². The van der Waals surface area contributed by atoms with Crippen molar-refractivity contribution < 1.29 is 19.5 Å². The maximum atomic E-state index is 12.2. The van der Waals surface area contributed by atoms with Crippen molar-refractivity contribution in [2.24, 2.45) is 0 Å². The molecule has 2 N–H and O–H groups in total. The number of aromatic nitrogens is 1. The van der Waals surface area contributed by atoms with E-state index in [9.17, 15) is 15.0 Å². The van der Waals surface area contributed by atoms with Crippen LogP contribution >= 0.6 is 0 Å². The van der Waals surface area contributed by atoms with Crippen LogP contribution in [0.2, 0.25) is 0 Å². The minimum absolute atomic E-state index is 0.0797. The smallest absolute Gasteiger partial charge is 0.227 e. The molecule has 6 nitrogen and oxygen atoms in total. The molecule has 1 amide bonds. The number of hydrogen-bond donors (Lipinski definition) is 2. The number of aliphatic hydroxyl groups excluding tert-OH is 1. The maximum Gasteiger partial charge on any atom is 0.227 e. The third kappa shape index (κ3) is 2.79. The first-order valence-corrected chi connectivity index (χ1v) is 6.41. The van der Waals surface area contributed by atoms with E-state index < -0.39 is 11.7 Å². The molecule has 0 saturated carbocycles. The Morgan fingerprint density at radius 3 is 2.79 bits per heavy atom. The summed E-state index contributed by atoms with van der Waals surface area (Å²) in [7, 11) is 0. The molecule has 0 aromatic carbocycles. The molecule has 0 unspecified atom stereocenters. The quantitative estimate of drug-likeness (QED) is 0.799. The third-order valence-corrected chi connectivity index (χ3v) is 3.86. The van der Waals surface area contributed by atoms with E-state index in [1.807, 2.05) is 0 Å². The fraction of sp³-hybridized carbons (Fsp3) is 0.692. The van der Waals surface area contributed by atoms with Crippen molar-refractivity contribution in [3.63, 3.8) is 0 Å². The van der Waals surface area contributed by atoms with Gasteiger partial charge in [0, 0.05) is 18.7 Å². The Bertz CT molecular complexity index is 461. The number of nitrogens with zero attached hydrogens (tertiary/aromatic N) is 2. The number of hydrogen-bond acceptors (Lipinski definition) is 5. The number of aliphatic hydroxyl groups is 2. The van der Waals surface area contributed by atoms with Gasteiger partial charge in [0.1, 0.15) is 5.76 Å². The highest BCUT2D eigenvalue weighted by Gasteiger charge is 2.37.